The average Bonchev–Trinajstić information content (AvgIpc) is 3.16. The van der Waals surface area contributed by atoms with Crippen molar-refractivity contribution in [3.8, 4) is 0 Å². The Kier molecular flexibility index (Phi) is 4.75. The first-order valence-corrected chi connectivity index (χ1v) is 11.6. The number of ketones is 1. The third-order valence-corrected chi connectivity index (χ3v) is 9.65. The van der Waals surface area contributed by atoms with E-state index in [0.29, 0.717) is 30.1 Å². The molecule has 4 rings (SSSR count). The normalized spacial score (nSPS) is 50.0. The Hall–Kier alpha value is -0.710. The van der Waals surface area contributed by atoms with Gasteiger partial charge in [0.2, 0.25) is 0 Å². The molecule has 0 aromatic carbocycles. The Bertz CT molecular complexity index is 736. The molecule has 0 aromatic heterocycles. The van der Waals surface area contributed by atoms with Crippen LogP contribution in [0, 0.1) is 39.9 Å². The van der Waals surface area contributed by atoms with Crippen molar-refractivity contribution in [1.29, 1.82) is 0 Å². The van der Waals surface area contributed by atoms with Gasteiger partial charge in [-0.3, -0.25) is 4.79 Å². The summed E-state index contributed by atoms with van der Waals surface area (Å²) in [4.78, 5) is 12.5. The van der Waals surface area contributed by atoms with Gasteiger partial charge in [0.05, 0.1) is 6.10 Å². The second kappa shape index (κ2) is 6.40. The number of aliphatic hydroxyl groups excluding tert-OH is 2. The Morgan fingerprint density at radius 3 is 2.52 bits per heavy atom. The molecule has 3 saturated carbocycles. The summed E-state index contributed by atoms with van der Waals surface area (Å²) in [6.45, 7) is 12.1. The number of hydrogen-bond acceptors (Lipinski definition) is 4. The molecule has 0 bridgehead atoms. The van der Waals surface area contributed by atoms with E-state index in [1.165, 1.54) is 19.4 Å². The van der Waals surface area contributed by atoms with E-state index < -0.39 is 17.5 Å². The molecule has 3 N–H and O–H groups in total. The number of fused-ring (bicyclic) bond motifs is 2. The first kappa shape index (κ1) is 21.5. The lowest BCUT2D eigenvalue weighted by Crippen LogP contribution is -2.53. The highest BCUT2D eigenvalue weighted by Gasteiger charge is 2.69. The fourth-order valence-electron chi connectivity index (χ4n) is 8.63. The van der Waals surface area contributed by atoms with Gasteiger partial charge in [-0.15, -0.1) is 0 Å². The molecule has 0 saturated heterocycles. The van der Waals surface area contributed by atoms with Gasteiger partial charge in [-0.1, -0.05) is 39.3 Å². The van der Waals surface area contributed by atoms with Gasteiger partial charge in [-0.05, 0) is 86.9 Å². The van der Waals surface area contributed by atoms with Crippen molar-refractivity contribution in [2.75, 3.05) is 0 Å². The number of carbonyl (C=O) groups excluding carboxylic acids is 1. The molecule has 0 heterocycles. The SMILES string of the molecule is C[C@H]1C[C@@H](O)[C@@]23C1=C[C@@]1(C)CC[C@](C)(CC(O)C(=O)C(C)(C)O)[C@H]1[C@@H]2CC[C@@H]3C. The van der Waals surface area contributed by atoms with Crippen LogP contribution in [-0.4, -0.2) is 38.9 Å². The molecule has 1 unspecified atom stereocenters. The van der Waals surface area contributed by atoms with Crippen LogP contribution >= 0.6 is 0 Å². The van der Waals surface area contributed by atoms with Crippen molar-refractivity contribution in [2.24, 2.45) is 39.9 Å². The molecule has 4 nitrogen and oxygen atoms in total. The van der Waals surface area contributed by atoms with E-state index in [1.807, 2.05) is 0 Å². The zero-order valence-electron chi connectivity index (χ0n) is 19.0. The Morgan fingerprint density at radius 2 is 1.90 bits per heavy atom. The summed E-state index contributed by atoms with van der Waals surface area (Å²) in [5.74, 6) is 1.16. The standard InChI is InChI=1S/C25H40O4/c1-14-11-19(27)25-15(2)7-8-16(25)20-23(5,12-17(14)25)9-10-24(20,6)13-18(26)21(28)22(3,4)29/h12,14-16,18-20,26-27,29H,7-11,13H2,1-6H3/t14-,15-,16-,18?,19+,20-,23+,24+,25+/m0/s1. The van der Waals surface area contributed by atoms with Gasteiger partial charge in [0, 0.05) is 5.41 Å². The van der Waals surface area contributed by atoms with Gasteiger partial charge in [0.15, 0.2) is 5.78 Å². The maximum absolute atomic E-state index is 12.5. The van der Waals surface area contributed by atoms with E-state index in [9.17, 15) is 20.1 Å². The molecule has 0 radical (unpaired) electrons. The maximum Gasteiger partial charge on any atom is 0.192 e. The second-order valence-electron chi connectivity index (χ2n) is 12.1. The topological polar surface area (TPSA) is 77.8 Å². The molecule has 0 amide bonds. The maximum atomic E-state index is 12.5. The van der Waals surface area contributed by atoms with Crippen LogP contribution in [0.3, 0.4) is 0 Å². The van der Waals surface area contributed by atoms with Crippen molar-refractivity contribution < 1.29 is 20.1 Å². The fraction of sp³-hybridized carbons (Fsp3) is 0.880. The van der Waals surface area contributed by atoms with Crippen LogP contribution in [0.25, 0.3) is 0 Å². The summed E-state index contributed by atoms with van der Waals surface area (Å²) in [6, 6.07) is 0. The average molecular weight is 405 g/mol. The number of Topliss-reactive ketones (excluding diaryl/α,β-unsaturated/α-hetero) is 1. The first-order valence-electron chi connectivity index (χ1n) is 11.6. The minimum Gasteiger partial charge on any atom is -0.392 e. The summed E-state index contributed by atoms with van der Waals surface area (Å²) in [6.07, 6.45) is 6.63. The number of aliphatic hydroxyl groups is 3. The Morgan fingerprint density at radius 1 is 1.24 bits per heavy atom. The molecule has 4 aliphatic rings. The quantitative estimate of drug-likeness (QED) is 0.622. The van der Waals surface area contributed by atoms with Crippen LogP contribution < -0.4 is 0 Å². The molecule has 164 valence electrons. The van der Waals surface area contributed by atoms with E-state index >= 15 is 0 Å². The van der Waals surface area contributed by atoms with E-state index in [0.717, 1.165) is 32.1 Å². The van der Waals surface area contributed by atoms with E-state index in [4.69, 9.17) is 0 Å². The summed E-state index contributed by atoms with van der Waals surface area (Å²) in [5, 5.41) is 32.2. The van der Waals surface area contributed by atoms with Crippen LogP contribution in [0.15, 0.2) is 11.6 Å². The smallest absolute Gasteiger partial charge is 0.192 e. The molecule has 0 aromatic rings. The van der Waals surface area contributed by atoms with Gasteiger partial charge in [-0.2, -0.15) is 0 Å². The minimum absolute atomic E-state index is 0.0537. The third-order valence-electron chi connectivity index (χ3n) is 9.65. The lowest BCUT2D eigenvalue weighted by Gasteiger charge is -2.55. The zero-order chi connectivity index (χ0) is 21.6. The highest BCUT2D eigenvalue weighted by molar-refractivity contribution is 5.90. The predicted molar refractivity (Wildman–Crippen MR) is 113 cm³/mol. The van der Waals surface area contributed by atoms with Crippen LogP contribution in [0.1, 0.15) is 80.1 Å². The molecule has 3 fully saturated rings. The van der Waals surface area contributed by atoms with Crippen molar-refractivity contribution >= 4 is 5.78 Å². The van der Waals surface area contributed by atoms with Gasteiger partial charge in [-0.25, -0.2) is 0 Å². The lowest BCUT2D eigenvalue weighted by molar-refractivity contribution is -0.146. The molecule has 1 spiro atoms. The first-order chi connectivity index (χ1) is 13.3. The summed E-state index contributed by atoms with van der Waals surface area (Å²) in [5.41, 5.74) is -0.267. The molecular formula is C25H40O4. The molecule has 9 atom stereocenters. The summed E-state index contributed by atoms with van der Waals surface area (Å²) in [7, 11) is 0. The highest BCUT2D eigenvalue weighted by Crippen LogP contribution is 2.74. The molecule has 4 heteroatoms. The fourth-order valence-corrected chi connectivity index (χ4v) is 8.63. The van der Waals surface area contributed by atoms with Crippen molar-refractivity contribution in [2.45, 2.75) is 97.9 Å². The Balaban J connectivity index is 1.75. The van der Waals surface area contributed by atoms with E-state index in [-0.39, 0.29) is 22.3 Å². The molecule has 29 heavy (non-hydrogen) atoms. The zero-order valence-corrected chi connectivity index (χ0v) is 19.0. The Labute approximate surface area is 175 Å². The largest absolute Gasteiger partial charge is 0.392 e. The van der Waals surface area contributed by atoms with Gasteiger partial charge in [0.25, 0.3) is 0 Å². The van der Waals surface area contributed by atoms with Crippen LogP contribution in [0.5, 0.6) is 0 Å². The predicted octanol–water partition coefficient (Wildman–Crippen LogP) is 3.87. The van der Waals surface area contributed by atoms with Gasteiger partial charge < -0.3 is 15.3 Å². The third kappa shape index (κ3) is 2.78. The summed E-state index contributed by atoms with van der Waals surface area (Å²) >= 11 is 0. The molecule has 0 aliphatic heterocycles. The van der Waals surface area contributed by atoms with Crippen molar-refractivity contribution in [3.05, 3.63) is 11.6 Å². The van der Waals surface area contributed by atoms with Crippen LogP contribution in [0.2, 0.25) is 0 Å². The monoisotopic (exact) mass is 404 g/mol. The van der Waals surface area contributed by atoms with E-state index in [2.05, 4.69) is 33.8 Å². The van der Waals surface area contributed by atoms with Crippen molar-refractivity contribution in [1.82, 2.24) is 0 Å². The van der Waals surface area contributed by atoms with Gasteiger partial charge in [0.1, 0.15) is 11.7 Å². The number of allylic oxidation sites excluding steroid dienone is 1. The minimum atomic E-state index is -1.52. The molecular weight excluding hydrogens is 364 g/mol. The van der Waals surface area contributed by atoms with Crippen LogP contribution in [-0.2, 0) is 4.79 Å². The highest BCUT2D eigenvalue weighted by atomic mass is 16.3. The number of rotatable bonds is 4. The molecule has 4 aliphatic carbocycles. The van der Waals surface area contributed by atoms with Gasteiger partial charge >= 0.3 is 0 Å². The summed E-state index contributed by atoms with van der Waals surface area (Å²) < 4.78 is 0. The number of hydrogen-bond donors (Lipinski definition) is 3. The van der Waals surface area contributed by atoms with Crippen LogP contribution in [0.4, 0.5) is 0 Å². The second-order valence-corrected chi connectivity index (χ2v) is 12.1. The lowest BCUT2D eigenvalue weighted by atomic mass is 9.49. The van der Waals surface area contributed by atoms with E-state index in [1.54, 1.807) is 0 Å². The van der Waals surface area contributed by atoms with Crippen molar-refractivity contribution in [3.63, 3.8) is 0 Å². The number of carbonyl (C=O) groups is 1.